The van der Waals surface area contributed by atoms with Gasteiger partial charge in [0.05, 0.1) is 5.56 Å². The predicted molar refractivity (Wildman–Crippen MR) is 74.1 cm³/mol. The Kier molecular flexibility index (Phi) is 5.60. The largest absolute Gasteiger partial charge is 0.507 e. The molecule has 2 N–H and O–H groups in total. The second kappa shape index (κ2) is 6.75. The second-order valence-corrected chi connectivity index (χ2v) is 4.95. The van der Waals surface area contributed by atoms with Crippen LogP contribution in [0, 0.1) is 11.2 Å². The first-order valence-corrected chi connectivity index (χ1v) is 6.84. The van der Waals surface area contributed by atoms with Crippen molar-refractivity contribution >= 4 is 17.5 Å². The molecule has 0 unspecified atom stereocenters. The van der Waals surface area contributed by atoms with E-state index < -0.39 is 11.7 Å². The van der Waals surface area contributed by atoms with Gasteiger partial charge in [0.15, 0.2) is 0 Å². The van der Waals surface area contributed by atoms with E-state index in [0.717, 1.165) is 25.0 Å². The normalized spacial score (nSPS) is 11.4. The number of phenolic OH excluding ortho intramolecular Hbond substituents is 1. The number of benzene rings is 1. The molecular formula is C14H19ClFNO2. The summed E-state index contributed by atoms with van der Waals surface area (Å²) in [4.78, 5) is 11.9. The fourth-order valence-electron chi connectivity index (χ4n) is 1.80. The van der Waals surface area contributed by atoms with E-state index >= 15 is 0 Å². The molecule has 0 bridgehead atoms. The first-order chi connectivity index (χ1) is 8.98. The number of amides is 1. The Morgan fingerprint density at radius 1 is 1.42 bits per heavy atom. The topological polar surface area (TPSA) is 49.3 Å². The van der Waals surface area contributed by atoms with Crippen LogP contribution in [0.15, 0.2) is 18.2 Å². The molecule has 106 valence electrons. The van der Waals surface area contributed by atoms with Crippen LogP contribution >= 0.6 is 11.6 Å². The van der Waals surface area contributed by atoms with Crippen molar-refractivity contribution in [3.63, 3.8) is 0 Å². The van der Waals surface area contributed by atoms with E-state index in [2.05, 4.69) is 5.32 Å². The van der Waals surface area contributed by atoms with Gasteiger partial charge in [0.1, 0.15) is 11.6 Å². The maximum Gasteiger partial charge on any atom is 0.255 e. The molecule has 0 radical (unpaired) electrons. The van der Waals surface area contributed by atoms with Gasteiger partial charge in [0, 0.05) is 23.9 Å². The third-order valence-corrected chi connectivity index (χ3v) is 4.18. The summed E-state index contributed by atoms with van der Waals surface area (Å²) in [5.74, 6) is -0.905. The Hall–Kier alpha value is -1.29. The third kappa shape index (κ3) is 3.83. The number of carbonyl (C=O) groups is 1. The molecule has 0 aliphatic heterocycles. The maximum absolute atomic E-state index is 12.8. The Bertz CT molecular complexity index is 439. The zero-order chi connectivity index (χ0) is 14.5. The molecule has 3 nitrogen and oxygen atoms in total. The highest BCUT2D eigenvalue weighted by Crippen LogP contribution is 2.27. The van der Waals surface area contributed by atoms with Crippen molar-refractivity contribution in [2.45, 2.75) is 26.7 Å². The van der Waals surface area contributed by atoms with Crippen molar-refractivity contribution < 1.29 is 14.3 Å². The van der Waals surface area contributed by atoms with Gasteiger partial charge in [0.2, 0.25) is 0 Å². The number of alkyl halides is 1. The lowest BCUT2D eigenvalue weighted by Gasteiger charge is -2.29. The molecule has 1 rings (SSSR count). The van der Waals surface area contributed by atoms with Crippen molar-refractivity contribution in [1.29, 1.82) is 0 Å². The summed E-state index contributed by atoms with van der Waals surface area (Å²) in [6.45, 7) is 4.47. The van der Waals surface area contributed by atoms with Crippen LogP contribution in [0.2, 0.25) is 0 Å². The standard InChI is InChI=1S/C14H19ClFNO2/c1-3-14(4-2,8-15)9-17-13(19)11-6-5-10(16)7-12(11)18/h5-7,18H,3-4,8-9H2,1-2H3,(H,17,19). The number of aromatic hydroxyl groups is 1. The molecule has 0 saturated heterocycles. The van der Waals surface area contributed by atoms with Crippen LogP contribution in [-0.4, -0.2) is 23.4 Å². The van der Waals surface area contributed by atoms with Crippen molar-refractivity contribution in [1.82, 2.24) is 5.32 Å². The van der Waals surface area contributed by atoms with E-state index in [0.29, 0.717) is 12.4 Å². The van der Waals surface area contributed by atoms with Crippen LogP contribution in [-0.2, 0) is 0 Å². The molecule has 0 saturated carbocycles. The van der Waals surface area contributed by atoms with Crippen molar-refractivity contribution in [3.8, 4) is 5.75 Å². The molecule has 1 aromatic carbocycles. The molecule has 0 spiro atoms. The number of rotatable bonds is 6. The summed E-state index contributed by atoms with van der Waals surface area (Å²) in [6, 6.07) is 3.33. The molecule has 0 aromatic heterocycles. The van der Waals surface area contributed by atoms with E-state index in [9.17, 15) is 14.3 Å². The molecule has 0 fully saturated rings. The highest BCUT2D eigenvalue weighted by atomic mass is 35.5. The third-order valence-electron chi connectivity index (χ3n) is 3.61. The Morgan fingerprint density at radius 3 is 2.53 bits per heavy atom. The van der Waals surface area contributed by atoms with Crippen LogP contribution in [0.3, 0.4) is 0 Å². The summed E-state index contributed by atoms with van der Waals surface area (Å²) in [7, 11) is 0. The van der Waals surface area contributed by atoms with Gasteiger partial charge in [-0.15, -0.1) is 11.6 Å². The van der Waals surface area contributed by atoms with E-state index in [1.54, 1.807) is 0 Å². The van der Waals surface area contributed by atoms with E-state index in [1.807, 2.05) is 13.8 Å². The number of halogens is 2. The maximum atomic E-state index is 12.8. The Morgan fingerprint density at radius 2 is 2.05 bits per heavy atom. The van der Waals surface area contributed by atoms with Crippen molar-refractivity contribution in [3.05, 3.63) is 29.6 Å². The van der Waals surface area contributed by atoms with Gasteiger partial charge < -0.3 is 10.4 Å². The number of carbonyl (C=O) groups excluding carboxylic acids is 1. The van der Waals surface area contributed by atoms with Gasteiger partial charge >= 0.3 is 0 Å². The summed E-state index contributed by atoms with van der Waals surface area (Å²) >= 11 is 5.96. The number of nitrogens with one attached hydrogen (secondary N) is 1. The molecule has 0 aliphatic carbocycles. The van der Waals surface area contributed by atoms with Crippen LogP contribution in [0.4, 0.5) is 4.39 Å². The van der Waals surface area contributed by atoms with E-state index in [-0.39, 0.29) is 16.7 Å². The van der Waals surface area contributed by atoms with Gasteiger partial charge in [0.25, 0.3) is 5.91 Å². The smallest absolute Gasteiger partial charge is 0.255 e. The fraction of sp³-hybridized carbons (Fsp3) is 0.500. The van der Waals surface area contributed by atoms with Gasteiger partial charge in [-0.05, 0) is 25.0 Å². The number of hydrogen-bond acceptors (Lipinski definition) is 2. The van der Waals surface area contributed by atoms with Crippen LogP contribution < -0.4 is 5.32 Å². The molecule has 5 heteroatoms. The SMILES string of the molecule is CCC(CC)(CCl)CNC(=O)c1ccc(F)cc1O. The lowest BCUT2D eigenvalue weighted by molar-refractivity contribution is 0.0929. The van der Waals surface area contributed by atoms with Gasteiger partial charge in [-0.1, -0.05) is 13.8 Å². The number of phenols is 1. The lowest BCUT2D eigenvalue weighted by atomic mass is 9.84. The molecule has 0 aliphatic rings. The average Bonchev–Trinajstić information content (AvgIpc) is 2.40. The first kappa shape index (κ1) is 15.8. The minimum absolute atomic E-state index is 0.0667. The Labute approximate surface area is 117 Å². The van der Waals surface area contributed by atoms with E-state index in [4.69, 9.17) is 11.6 Å². The van der Waals surface area contributed by atoms with Gasteiger partial charge in [-0.25, -0.2) is 4.39 Å². The Balaban J connectivity index is 2.75. The van der Waals surface area contributed by atoms with Crippen molar-refractivity contribution in [2.24, 2.45) is 5.41 Å². The quantitative estimate of drug-likeness (QED) is 0.789. The minimum Gasteiger partial charge on any atom is -0.507 e. The minimum atomic E-state index is -0.578. The molecule has 1 aromatic rings. The zero-order valence-electron chi connectivity index (χ0n) is 11.2. The predicted octanol–water partition coefficient (Wildman–Crippen LogP) is 3.31. The summed E-state index contributed by atoms with van der Waals surface area (Å²) in [6.07, 6.45) is 1.70. The highest BCUT2D eigenvalue weighted by molar-refractivity contribution is 6.18. The average molecular weight is 288 g/mol. The van der Waals surface area contributed by atoms with Crippen molar-refractivity contribution in [2.75, 3.05) is 12.4 Å². The van der Waals surface area contributed by atoms with Crippen LogP contribution in [0.25, 0.3) is 0 Å². The first-order valence-electron chi connectivity index (χ1n) is 6.30. The lowest BCUT2D eigenvalue weighted by Crippen LogP contribution is -2.38. The highest BCUT2D eigenvalue weighted by Gasteiger charge is 2.26. The summed E-state index contributed by atoms with van der Waals surface area (Å²) in [5, 5.41) is 12.3. The monoisotopic (exact) mass is 287 g/mol. The van der Waals surface area contributed by atoms with Gasteiger partial charge in [-0.2, -0.15) is 0 Å². The van der Waals surface area contributed by atoms with Crippen LogP contribution in [0.1, 0.15) is 37.0 Å². The molecule has 0 atom stereocenters. The molecule has 1 amide bonds. The summed E-state index contributed by atoms with van der Waals surface area (Å²) in [5.41, 5.74) is -0.0792. The summed E-state index contributed by atoms with van der Waals surface area (Å²) < 4.78 is 12.8. The molecule has 19 heavy (non-hydrogen) atoms. The second-order valence-electron chi connectivity index (χ2n) is 4.68. The zero-order valence-corrected chi connectivity index (χ0v) is 11.9. The molecule has 0 heterocycles. The fourth-order valence-corrected chi connectivity index (χ4v) is 2.27. The molecular weight excluding hydrogens is 269 g/mol. The van der Waals surface area contributed by atoms with Crippen LogP contribution in [0.5, 0.6) is 5.75 Å². The van der Waals surface area contributed by atoms with Gasteiger partial charge in [-0.3, -0.25) is 4.79 Å². The number of hydrogen-bond donors (Lipinski definition) is 2. The van der Waals surface area contributed by atoms with E-state index in [1.165, 1.54) is 6.07 Å².